The van der Waals surface area contributed by atoms with Crippen LogP contribution in [0.15, 0.2) is 0 Å². The first-order valence-electron chi connectivity index (χ1n) is 6.18. The van der Waals surface area contributed by atoms with Crippen molar-refractivity contribution in [3.8, 4) is 0 Å². The first-order chi connectivity index (χ1) is 6.88. The predicted molar refractivity (Wildman–Crippen MR) is 63.9 cm³/mol. The van der Waals surface area contributed by atoms with Crippen LogP contribution in [0.3, 0.4) is 0 Å². The molecule has 0 aromatic rings. The van der Waals surface area contributed by atoms with Gasteiger partial charge in [-0.15, -0.1) is 0 Å². The Morgan fingerprint density at radius 1 is 1.47 bits per heavy atom. The standard InChI is InChI=1S/C13H25NO/c1-6-10(2)14-9-7-8-11(14)12(15)13(3,4)5/h10-11H,6-9H2,1-5H3/t10?,11-/m1/s1. The van der Waals surface area contributed by atoms with Crippen molar-refractivity contribution >= 4 is 5.78 Å². The molecule has 0 aromatic heterocycles. The molecular formula is C13H25NO. The zero-order valence-corrected chi connectivity index (χ0v) is 10.8. The van der Waals surface area contributed by atoms with E-state index in [9.17, 15) is 4.79 Å². The van der Waals surface area contributed by atoms with Crippen molar-refractivity contribution in [2.75, 3.05) is 6.54 Å². The van der Waals surface area contributed by atoms with Gasteiger partial charge in [0.2, 0.25) is 0 Å². The minimum Gasteiger partial charge on any atom is -0.297 e. The Morgan fingerprint density at radius 2 is 2.07 bits per heavy atom. The normalized spacial score (nSPS) is 25.5. The molecule has 1 saturated heterocycles. The van der Waals surface area contributed by atoms with E-state index in [0.717, 1.165) is 19.4 Å². The van der Waals surface area contributed by atoms with Crippen molar-refractivity contribution in [1.29, 1.82) is 0 Å². The number of rotatable bonds is 3. The second-order valence-corrected chi connectivity index (χ2v) is 5.77. The van der Waals surface area contributed by atoms with Crippen LogP contribution in [0.4, 0.5) is 0 Å². The summed E-state index contributed by atoms with van der Waals surface area (Å²) in [6.45, 7) is 11.6. The van der Waals surface area contributed by atoms with Crippen molar-refractivity contribution in [2.45, 2.75) is 66.0 Å². The molecule has 1 heterocycles. The topological polar surface area (TPSA) is 20.3 Å². The summed E-state index contributed by atoms with van der Waals surface area (Å²) in [6, 6.07) is 0.726. The molecule has 0 amide bonds. The number of ketones is 1. The summed E-state index contributed by atoms with van der Waals surface area (Å²) < 4.78 is 0. The summed E-state index contributed by atoms with van der Waals surface area (Å²) in [5.41, 5.74) is -0.194. The highest BCUT2D eigenvalue weighted by atomic mass is 16.1. The first-order valence-corrected chi connectivity index (χ1v) is 6.18. The zero-order valence-electron chi connectivity index (χ0n) is 10.8. The van der Waals surface area contributed by atoms with Crippen LogP contribution in [-0.4, -0.2) is 29.3 Å². The third-order valence-corrected chi connectivity index (χ3v) is 3.49. The molecule has 0 radical (unpaired) electrons. The van der Waals surface area contributed by atoms with Gasteiger partial charge >= 0.3 is 0 Å². The minimum absolute atomic E-state index is 0.181. The second-order valence-electron chi connectivity index (χ2n) is 5.77. The number of carbonyl (C=O) groups excluding carboxylic acids is 1. The highest BCUT2D eigenvalue weighted by Crippen LogP contribution is 2.28. The third-order valence-electron chi connectivity index (χ3n) is 3.49. The van der Waals surface area contributed by atoms with Gasteiger partial charge in [0, 0.05) is 11.5 Å². The van der Waals surface area contributed by atoms with E-state index in [-0.39, 0.29) is 11.5 Å². The Balaban J connectivity index is 2.73. The van der Waals surface area contributed by atoms with Crippen LogP contribution in [0.25, 0.3) is 0 Å². The van der Waals surface area contributed by atoms with Gasteiger partial charge in [-0.1, -0.05) is 27.7 Å². The summed E-state index contributed by atoms with van der Waals surface area (Å²) in [6.07, 6.45) is 3.37. The van der Waals surface area contributed by atoms with E-state index >= 15 is 0 Å². The molecule has 0 saturated carbocycles. The van der Waals surface area contributed by atoms with Crippen molar-refractivity contribution in [1.82, 2.24) is 4.90 Å². The second kappa shape index (κ2) is 4.65. The smallest absolute Gasteiger partial charge is 0.155 e. The van der Waals surface area contributed by atoms with Gasteiger partial charge in [-0.2, -0.15) is 0 Å². The van der Waals surface area contributed by atoms with Crippen molar-refractivity contribution in [3.63, 3.8) is 0 Å². The summed E-state index contributed by atoms with van der Waals surface area (Å²) in [7, 11) is 0. The molecule has 0 bridgehead atoms. The van der Waals surface area contributed by atoms with Crippen LogP contribution in [0.5, 0.6) is 0 Å². The first kappa shape index (κ1) is 12.7. The molecular weight excluding hydrogens is 186 g/mol. The lowest BCUT2D eigenvalue weighted by atomic mass is 9.85. The molecule has 1 aliphatic rings. The number of carbonyl (C=O) groups is 1. The molecule has 88 valence electrons. The van der Waals surface area contributed by atoms with Crippen LogP contribution in [0.1, 0.15) is 53.9 Å². The molecule has 1 aliphatic heterocycles. The third kappa shape index (κ3) is 2.81. The van der Waals surface area contributed by atoms with Crippen LogP contribution in [0.2, 0.25) is 0 Å². The SMILES string of the molecule is CCC(C)N1CCC[C@@H]1C(=O)C(C)(C)C. The lowest BCUT2D eigenvalue weighted by Crippen LogP contribution is -2.45. The number of hydrogen-bond donors (Lipinski definition) is 0. The highest BCUT2D eigenvalue weighted by Gasteiger charge is 2.37. The van der Waals surface area contributed by atoms with E-state index in [0.29, 0.717) is 11.8 Å². The fraction of sp³-hybridized carbons (Fsp3) is 0.923. The van der Waals surface area contributed by atoms with Crippen LogP contribution < -0.4 is 0 Å². The van der Waals surface area contributed by atoms with E-state index in [2.05, 4.69) is 18.7 Å². The fourth-order valence-electron chi connectivity index (χ4n) is 2.33. The van der Waals surface area contributed by atoms with Crippen molar-refractivity contribution in [2.24, 2.45) is 5.41 Å². The monoisotopic (exact) mass is 211 g/mol. The molecule has 0 aromatic carbocycles. The van der Waals surface area contributed by atoms with Gasteiger partial charge in [0.05, 0.1) is 6.04 Å². The van der Waals surface area contributed by atoms with E-state index in [1.54, 1.807) is 0 Å². The molecule has 2 heteroatoms. The van der Waals surface area contributed by atoms with E-state index in [1.807, 2.05) is 20.8 Å². The molecule has 0 N–H and O–H groups in total. The highest BCUT2D eigenvalue weighted by molar-refractivity contribution is 5.89. The van der Waals surface area contributed by atoms with E-state index < -0.39 is 0 Å². The summed E-state index contributed by atoms with van der Waals surface area (Å²) in [5, 5.41) is 0. The lowest BCUT2D eigenvalue weighted by Gasteiger charge is -2.32. The Hall–Kier alpha value is -0.370. The molecule has 1 unspecified atom stereocenters. The van der Waals surface area contributed by atoms with Gasteiger partial charge in [0.15, 0.2) is 5.78 Å². The molecule has 1 fully saturated rings. The maximum atomic E-state index is 12.3. The van der Waals surface area contributed by atoms with Crippen LogP contribution in [0, 0.1) is 5.41 Å². The van der Waals surface area contributed by atoms with Crippen LogP contribution in [-0.2, 0) is 4.79 Å². The van der Waals surface area contributed by atoms with Gasteiger partial charge in [-0.25, -0.2) is 0 Å². The number of Topliss-reactive ketones (excluding diaryl/α,β-unsaturated/α-hetero) is 1. The average Bonchev–Trinajstić information content (AvgIpc) is 2.62. The van der Waals surface area contributed by atoms with Crippen molar-refractivity contribution in [3.05, 3.63) is 0 Å². The zero-order chi connectivity index (χ0) is 11.6. The predicted octanol–water partition coefficient (Wildman–Crippen LogP) is 2.86. The number of hydrogen-bond acceptors (Lipinski definition) is 2. The molecule has 1 rings (SSSR count). The lowest BCUT2D eigenvalue weighted by molar-refractivity contribution is -0.131. The van der Waals surface area contributed by atoms with Gasteiger partial charge in [0.25, 0.3) is 0 Å². The van der Waals surface area contributed by atoms with Gasteiger partial charge < -0.3 is 0 Å². The van der Waals surface area contributed by atoms with E-state index in [1.165, 1.54) is 6.42 Å². The Bertz CT molecular complexity index is 229. The Morgan fingerprint density at radius 3 is 2.53 bits per heavy atom. The summed E-state index contributed by atoms with van der Waals surface area (Å²) in [5.74, 6) is 0.417. The molecule has 2 nitrogen and oxygen atoms in total. The Labute approximate surface area is 94.0 Å². The quantitative estimate of drug-likeness (QED) is 0.715. The minimum atomic E-state index is -0.194. The Kier molecular flexibility index (Phi) is 3.93. The van der Waals surface area contributed by atoms with Crippen LogP contribution >= 0.6 is 0 Å². The average molecular weight is 211 g/mol. The maximum Gasteiger partial charge on any atom is 0.155 e. The van der Waals surface area contributed by atoms with E-state index in [4.69, 9.17) is 0 Å². The van der Waals surface area contributed by atoms with Gasteiger partial charge in [0.1, 0.15) is 0 Å². The number of nitrogens with zero attached hydrogens (tertiary/aromatic N) is 1. The summed E-state index contributed by atoms with van der Waals surface area (Å²) >= 11 is 0. The molecule has 0 spiro atoms. The fourth-order valence-corrected chi connectivity index (χ4v) is 2.33. The van der Waals surface area contributed by atoms with Gasteiger partial charge in [-0.3, -0.25) is 9.69 Å². The van der Waals surface area contributed by atoms with Gasteiger partial charge in [-0.05, 0) is 32.7 Å². The molecule has 15 heavy (non-hydrogen) atoms. The summed E-state index contributed by atoms with van der Waals surface area (Å²) in [4.78, 5) is 14.7. The molecule has 0 aliphatic carbocycles. The van der Waals surface area contributed by atoms with Crippen molar-refractivity contribution < 1.29 is 4.79 Å². The largest absolute Gasteiger partial charge is 0.297 e. The maximum absolute atomic E-state index is 12.3. The molecule has 2 atom stereocenters. The number of likely N-dealkylation sites (tertiary alicyclic amines) is 1.